The van der Waals surface area contributed by atoms with E-state index in [1.54, 1.807) is 12.4 Å². The predicted octanol–water partition coefficient (Wildman–Crippen LogP) is 3.77. The van der Waals surface area contributed by atoms with Gasteiger partial charge in [-0.1, -0.05) is 18.7 Å². The Hall–Kier alpha value is -4.52. The molecule has 5 rings (SSSR count). The van der Waals surface area contributed by atoms with Crippen LogP contribution in [0.4, 0.5) is 5.69 Å². The van der Waals surface area contributed by atoms with Gasteiger partial charge in [0.15, 0.2) is 0 Å². The van der Waals surface area contributed by atoms with Crippen LogP contribution in [-0.4, -0.2) is 44.2 Å². The van der Waals surface area contributed by atoms with E-state index in [4.69, 9.17) is 0 Å². The van der Waals surface area contributed by atoms with Gasteiger partial charge in [0, 0.05) is 54.4 Å². The van der Waals surface area contributed by atoms with E-state index < -0.39 is 0 Å². The minimum atomic E-state index is 0.788. The maximum atomic E-state index is 4.62. The van der Waals surface area contributed by atoms with Crippen molar-refractivity contribution in [2.45, 2.75) is 6.92 Å². The van der Waals surface area contributed by atoms with Gasteiger partial charge in [-0.05, 0) is 48.9 Å². The molecule has 34 heavy (non-hydrogen) atoms. The highest BCUT2D eigenvalue weighted by Crippen LogP contribution is 2.29. The van der Waals surface area contributed by atoms with Gasteiger partial charge in [-0.25, -0.2) is 4.98 Å². The third kappa shape index (κ3) is 3.88. The van der Waals surface area contributed by atoms with E-state index in [-0.39, 0.29) is 0 Å². The average Bonchev–Trinajstić information content (AvgIpc) is 3.48. The smallest absolute Gasteiger partial charge is 0.138 e. The summed E-state index contributed by atoms with van der Waals surface area (Å²) < 4.78 is 0. The second-order valence-corrected chi connectivity index (χ2v) is 8.20. The van der Waals surface area contributed by atoms with Gasteiger partial charge in [-0.15, -0.1) is 0 Å². The minimum absolute atomic E-state index is 0.788. The summed E-state index contributed by atoms with van der Waals surface area (Å²) in [7, 11) is 3.99. The average molecular weight is 448 g/mol. The highest BCUT2D eigenvalue weighted by atomic mass is 15.1. The Bertz CT molecular complexity index is 1610. The molecule has 0 saturated heterocycles. The van der Waals surface area contributed by atoms with Crippen molar-refractivity contribution < 1.29 is 0 Å². The molecule has 5 aromatic heterocycles. The van der Waals surface area contributed by atoms with Crippen molar-refractivity contribution in [2.24, 2.45) is 0 Å². The normalized spacial score (nSPS) is 12.4. The summed E-state index contributed by atoms with van der Waals surface area (Å²) in [5.74, 6) is 0. The number of hydrogen-bond acceptors (Lipinski definition) is 5. The molecular weight excluding hydrogens is 422 g/mol. The number of aromatic nitrogens is 6. The highest BCUT2D eigenvalue weighted by molar-refractivity contribution is 5.95. The Morgan fingerprint density at radius 3 is 2.71 bits per heavy atom. The molecular formula is C27H25N7. The summed E-state index contributed by atoms with van der Waals surface area (Å²) in [5.41, 5.74) is 7.21. The van der Waals surface area contributed by atoms with E-state index in [1.807, 2.05) is 74.7 Å². The number of anilines is 1. The van der Waals surface area contributed by atoms with Crippen LogP contribution in [0.5, 0.6) is 0 Å². The number of pyridine rings is 3. The Morgan fingerprint density at radius 2 is 1.94 bits per heavy atom. The fraction of sp³-hybridized carbons (Fsp3) is 0.111. The summed E-state index contributed by atoms with van der Waals surface area (Å²) >= 11 is 0. The van der Waals surface area contributed by atoms with Crippen molar-refractivity contribution in [3.8, 4) is 22.6 Å². The Balaban J connectivity index is 1.64. The zero-order chi connectivity index (χ0) is 23.7. The topological polar surface area (TPSA) is 86.4 Å². The molecule has 2 N–H and O–H groups in total. The quantitative estimate of drug-likeness (QED) is 0.428. The van der Waals surface area contributed by atoms with Gasteiger partial charge < -0.3 is 9.88 Å². The molecule has 0 saturated carbocycles. The molecule has 0 radical (unpaired) electrons. The van der Waals surface area contributed by atoms with Crippen molar-refractivity contribution in [1.82, 2.24) is 30.1 Å². The molecule has 5 heterocycles. The zero-order valence-electron chi connectivity index (χ0n) is 19.4. The van der Waals surface area contributed by atoms with Crippen molar-refractivity contribution in [1.29, 1.82) is 0 Å². The Labute approximate surface area is 197 Å². The van der Waals surface area contributed by atoms with Gasteiger partial charge >= 0.3 is 0 Å². The van der Waals surface area contributed by atoms with Gasteiger partial charge in [-0.2, -0.15) is 5.10 Å². The van der Waals surface area contributed by atoms with Crippen LogP contribution in [0, 0.1) is 0 Å². The first-order valence-corrected chi connectivity index (χ1v) is 11.0. The predicted molar refractivity (Wildman–Crippen MR) is 138 cm³/mol. The van der Waals surface area contributed by atoms with E-state index >= 15 is 0 Å². The van der Waals surface area contributed by atoms with Crippen LogP contribution < -0.4 is 15.5 Å². The Kier molecular flexibility index (Phi) is 5.51. The molecule has 168 valence electrons. The SMILES string of the molecule is C=C(/C=c1/c(-c2cc3c(-c4ccccn4)ccnc3[nH]2)n[nH]/c1=C/C)c1cncc(N(C)C)c1. The number of H-pyrrole nitrogens is 2. The van der Waals surface area contributed by atoms with Gasteiger partial charge in [0.1, 0.15) is 11.3 Å². The lowest BCUT2D eigenvalue weighted by molar-refractivity contribution is 1.06. The molecule has 0 spiro atoms. The lowest BCUT2D eigenvalue weighted by Crippen LogP contribution is -2.23. The van der Waals surface area contributed by atoms with Gasteiger partial charge in [-0.3, -0.25) is 15.1 Å². The van der Waals surface area contributed by atoms with Crippen LogP contribution in [0.15, 0.2) is 67.8 Å². The standard InChI is InChI=1S/C27H25N7/c1-5-23-22(12-17(2)18-13-19(34(3)4)16-28-15-18)26(33-32-23)25-14-21-20(9-11-30-27(21)31-25)24-8-6-7-10-29-24/h5-16,32H,2H2,1,3-4H3,(H,30,31)/b22-12+,23-5+. The van der Waals surface area contributed by atoms with E-state index in [1.165, 1.54) is 0 Å². The maximum Gasteiger partial charge on any atom is 0.138 e. The van der Waals surface area contributed by atoms with Crippen LogP contribution in [0.25, 0.3) is 51.4 Å². The number of rotatable bonds is 5. The fourth-order valence-electron chi connectivity index (χ4n) is 3.94. The molecule has 0 aliphatic rings. The molecule has 0 aromatic carbocycles. The molecule has 0 aliphatic heterocycles. The highest BCUT2D eigenvalue weighted by Gasteiger charge is 2.14. The number of fused-ring (bicyclic) bond motifs is 1. The third-order valence-electron chi connectivity index (χ3n) is 5.78. The molecule has 7 heteroatoms. The fourth-order valence-corrected chi connectivity index (χ4v) is 3.94. The van der Waals surface area contributed by atoms with Crippen LogP contribution >= 0.6 is 0 Å². The first-order chi connectivity index (χ1) is 16.5. The summed E-state index contributed by atoms with van der Waals surface area (Å²) in [6, 6.07) is 12.0. The molecule has 0 atom stereocenters. The van der Waals surface area contributed by atoms with E-state index in [2.05, 4.69) is 48.8 Å². The summed E-state index contributed by atoms with van der Waals surface area (Å²) in [4.78, 5) is 18.9. The molecule has 0 fully saturated rings. The monoisotopic (exact) mass is 447 g/mol. The van der Waals surface area contributed by atoms with Crippen molar-refractivity contribution in [3.63, 3.8) is 0 Å². The second-order valence-electron chi connectivity index (χ2n) is 8.20. The summed E-state index contributed by atoms with van der Waals surface area (Å²) in [6.45, 7) is 6.29. The molecule has 0 aliphatic carbocycles. The van der Waals surface area contributed by atoms with E-state index in [9.17, 15) is 0 Å². The van der Waals surface area contributed by atoms with E-state index in [0.717, 1.165) is 61.1 Å². The molecule has 5 aromatic rings. The molecule has 0 bridgehead atoms. The number of nitrogens with one attached hydrogen (secondary N) is 2. The van der Waals surface area contributed by atoms with E-state index in [0.29, 0.717) is 0 Å². The van der Waals surface area contributed by atoms with Gasteiger partial charge in [0.25, 0.3) is 0 Å². The van der Waals surface area contributed by atoms with Crippen LogP contribution in [0.3, 0.4) is 0 Å². The molecule has 0 amide bonds. The first kappa shape index (κ1) is 21.3. The number of hydrogen-bond donors (Lipinski definition) is 2. The third-order valence-corrected chi connectivity index (χ3v) is 5.78. The lowest BCUT2D eigenvalue weighted by atomic mass is 10.1. The largest absolute Gasteiger partial charge is 0.376 e. The number of allylic oxidation sites excluding steroid dienone is 1. The number of nitrogens with zero attached hydrogens (tertiary/aromatic N) is 5. The van der Waals surface area contributed by atoms with Crippen LogP contribution in [0.2, 0.25) is 0 Å². The first-order valence-electron chi connectivity index (χ1n) is 11.0. The molecule has 7 nitrogen and oxygen atoms in total. The summed E-state index contributed by atoms with van der Waals surface area (Å²) in [6.07, 6.45) is 11.3. The van der Waals surface area contributed by atoms with Crippen LogP contribution in [0.1, 0.15) is 12.5 Å². The van der Waals surface area contributed by atoms with Crippen molar-refractivity contribution >= 4 is 34.4 Å². The Morgan fingerprint density at radius 1 is 1.06 bits per heavy atom. The second kappa shape index (κ2) is 8.78. The summed E-state index contributed by atoms with van der Waals surface area (Å²) in [5, 5.41) is 10.6. The van der Waals surface area contributed by atoms with Crippen molar-refractivity contribution in [3.05, 3.63) is 83.9 Å². The molecule has 0 unspecified atom stereocenters. The van der Waals surface area contributed by atoms with Crippen molar-refractivity contribution in [2.75, 3.05) is 19.0 Å². The van der Waals surface area contributed by atoms with Gasteiger partial charge in [0.05, 0.1) is 28.6 Å². The maximum absolute atomic E-state index is 4.62. The zero-order valence-corrected chi connectivity index (χ0v) is 19.4. The lowest BCUT2D eigenvalue weighted by Gasteiger charge is -2.12. The minimum Gasteiger partial charge on any atom is -0.376 e. The van der Waals surface area contributed by atoms with Gasteiger partial charge in [0.2, 0.25) is 0 Å². The van der Waals surface area contributed by atoms with Crippen LogP contribution in [-0.2, 0) is 0 Å². The number of aromatic amines is 2.